The first-order chi connectivity index (χ1) is 2.00. The van der Waals surface area contributed by atoms with Gasteiger partial charge in [0.2, 0.25) is 0 Å². The summed E-state index contributed by atoms with van der Waals surface area (Å²) in [5, 5.41) is 0. The molecule has 0 aliphatic carbocycles. The second-order valence-electron chi connectivity index (χ2n) is 0.513. The van der Waals surface area contributed by atoms with Crippen LogP contribution in [0.15, 0.2) is 0 Å². The molecule has 0 bridgehead atoms. The monoisotopic (exact) mass is 168 g/mol. The molecule has 0 aliphatic rings. The van der Waals surface area contributed by atoms with Crippen molar-refractivity contribution in [3.8, 4) is 0 Å². The number of hydrogen-bond donors (Lipinski definition) is 3. The van der Waals surface area contributed by atoms with Gasteiger partial charge < -0.3 is 31.1 Å². The SMILES string of the molecule is O.O.O.OP(O)(O)=S. The number of hydrogen-bond acceptors (Lipinski definition) is 1. The average molecular weight is 168 g/mol. The third-order valence-corrected chi connectivity index (χ3v) is 0. The molecule has 0 amide bonds. The van der Waals surface area contributed by atoms with Crippen LogP contribution in [-0.4, -0.2) is 31.1 Å². The van der Waals surface area contributed by atoms with E-state index in [1.54, 1.807) is 0 Å². The molecule has 6 nitrogen and oxygen atoms in total. The third-order valence-electron chi connectivity index (χ3n) is 0. The molecule has 0 saturated heterocycles. The summed E-state index contributed by atoms with van der Waals surface area (Å²) >= 11 is 3.60. The van der Waals surface area contributed by atoms with Crippen molar-refractivity contribution < 1.29 is 31.1 Å². The van der Waals surface area contributed by atoms with Gasteiger partial charge in [-0.15, -0.1) is 0 Å². The molecular formula is H9O6PS. The molecule has 0 radical (unpaired) electrons. The molecule has 9 N–H and O–H groups in total. The zero-order valence-electron chi connectivity index (χ0n) is 3.70. The van der Waals surface area contributed by atoms with E-state index in [0.29, 0.717) is 0 Å². The topological polar surface area (TPSA) is 155 Å². The lowest BCUT2D eigenvalue weighted by Crippen LogP contribution is -1.65. The van der Waals surface area contributed by atoms with Gasteiger partial charge in [0.15, 0.2) is 0 Å². The van der Waals surface area contributed by atoms with Gasteiger partial charge in [0, 0.05) is 0 Å². The fourth-order valence-corrected chi connectivity index (χ4v) is 0. The highest BCUT2D eigenvalue weighted by Crippen LogP contribution is 2.26. The van der Waals surface area contributed by atoms with Crippen LogP contribution < -0.4 is 0 Å². The van der Waals surface area contributed by atoms with E-state index in [1.807, 2.05) is 0 Å². The van der Waals surface area contributed by atoms with Crippen LogP contribution in [0.25, 0.3) is 0 Å². The van der Waals surface area contributed by atoms with E-state index >= 15 is 0 Å². The van der Waals surface area contributed by atoms with Crippen molar-refractivity contribution in [2.75, 3.05) is 0 Å². The van der Waals surface area contributed by atoms with Crippen LogP contribution in [0.1, 0.15) is 0 Å². The van der Waals surface area contributed by atoms with Gasteiger partial charge in [-0.2, -0.15) is 0 Å². The second-order valence-corrected chi connectivity index (χ2v) is 3.01. The van der Waals surface area contributed by atoms with Crippen molar-refractivity contribution >= 4 is 18.5 Å². The standard InChI is InChI=1S/H3O3PS.3H2O/c1-4(2,3)5;;;/h(H3,1,2,3,5);3*1H2. The van der Waals surface area contributed by atoms with E-state index in [4.69, 9.17) is 14.7 Å². The van der Waals surface area contributed by atoms with Gasteiger partial charge in [-0.05, 0) is 11.8 Å². The zero-order chi connectivity index (χ0) is 4.50. The fourth-order valence-electron chi connectivity index (χ4n) is 0. The predicted octanol–water partition coefficient (Wildman–Crippen LogP) is -3.29. The number of rotatable bonds is 0. The maximum absolute atomic E-state index is 7.56. The van der Waals surface area contributed by atoms with Crippen LogP contribution >= 0.6 is 6.72 Å². The first-order valence-electron chi connectivity index (χ1n) is 0.783. The minimum atomic E-state index is -3.81. The van der Waals surface area contributed by atoms with Crippen LogP contribution in [0.3, 0.4) is 0 Å². The van der Waals surface area contributed by atoms with E-state index in [1.165, 1.54) is 0 Å². The van der Waals surface area contributed by atoms with E-state index in [0.717, 1.165) is 0 Å². The highest BCUT2D eigenvalue weighted by Gasteiger charge is 1.92. The molecule has 8 heavy (non-hydrogen) atoms. The minimum Gasteiger partial charge on any atom is -0.412 e. The normalized spacial score (nSPS) is 7.38. The Balaban J connectivity index is -0.0000000267. The molecule has 0 unspecified atom stereocenters. The smallest absolute Gasteiger partial charge is 0.319 e. The first-order valence-corrected chi connectivity index (χ1v) is 3.44. The molecule has 0 atom stereocenters. The van der Waals surface area contributed by atoms with Gasteiger partial charge in [0.1, 0.15) is 0 Å². The van der Waals surface area contributed by atoms with Gasteiger partial charge in [0.05, 0.1) is 0 Å². The molecule has 0 fully saturated rings. The lowest BCUT2D eigenvalue weighted by molar-refractivity contribution is 0.363. The summed E-state index contributed by atoms with van der Waals surface area (Å²) in [5.41, 5.74) is 0. The van der Waals surface area contributed by atoms with Crippen molar-refractivity contribution in [2.45, 2.75) is 0 Å². The maximum atomic E-state index is 7.56. The van der Waals surface area contributed by atoms with Crippen LogP contribution in [0, 0.1) is 0 Å². The maximum Gasteiger partial charge on any atom is 0.319 e. The lowest BCUT2D eigenvalue weighted by atomic mass is 15.8. The summed E-state index contributed by atoms with van der Waals surface area (Å²) < 4.78 is 0. The van der Waals surface area contributed by atoms with Crippen molar-refractivity contribution in [2.24, 2.45) is 0 Å². The van der Waals surface area contributed by atoms with Crippen molar-refractivity contribution in [3.63, 3.8) is 0 Å². The molecule has 0 aliphatic heterocycles. The largest absolute Gasteiger partial charge is 0.412 e. The van der Waals surface area contributed by atoms with Crippen molar-refractivity contribution in [3.05, 3.63) is 0 Å². The summed E-state index contributed by atoms with van der Waals surface area (Å²) in [4.78, 5) is 22.7. The molecule has 8 heteroatoms. The highest BCUT2D eigenvalue weighted by molar-refractivity contribution is 8.06. The molecule has 0 heterocycles. The summed E-state index contributed by atoms with van der Waals surface area (Å²) in [7, 11) is 0. The van der Waals surface area contributed by atoms with Gasteiger partial charge in [-0.3, -0.25) is 0 Å². The third kappa shape index (κ3) is 1120. The Morgan fingerprint density at radius 3 is 0.875 bits per heavy atom. The van der Waals surface area contributed by atoms with Crippen LogP contribution in [-0.2, 0) is 11.8 Å². The Hall–Kier alpha value is 0.410. The van der Waals surface area contributed by atoms with E-state index in [2.05, 4.69) is 11.8 Å². The van der Waals surface area contributed by atoms with Gasteiger partial charge >= 0.3 is 6.72 Å². The molecule has 0 aromatic carbocycles. The van der Waals surface area contributed by atoms with Gasteiger partial charge in [-0.1, -0.05) is 0 Å². The average Bonchev–Trinajstić information content (AvgIpc) is 0.722. The zero-order valence-corrected chi connectivity index (χ0v) is 5.41. The Bertz CT molecular complexity index is 54.7. The molecule has 0 aromatic heterocycles. The summed E-state index contributed by atoms with van der Waals surface area (Å²) in [5.74, 6) is 0. The minimum absolute atomic E-state index is 0. The Morgan fingerprint density at radius 1 is 0.875 bits per heavy atom. The van der Waals surface area contributed by atoms with Gasteiger partial charge in [0.25, 0.3) is 0 Å². The van der Waals surface area contributed by atoms with Crippen LogP contribution in [0.5, 0.6) is 0 Å². The van der Waals surface area contributed by atoms with E-state index in [-0.39, 0.29) is 16.4 Å². The first kappa shape index (κ1) is 23.7. The second kappa shape index (κ2) is 7.41. The van der Waals surface area contributed by atoms with Crippen molar-refractivity contribution in [1.82, 2.24) is 0 Å². The summed E-state index contributed by atoms with van der Waals surface area (Å²) in [6, 6.07) is 0. The van der Waals surface area contributed by atoms with Crippen molar-refractivity contribution in [1.29, 1.82) is 0 Å². The molecular weight excluding hydrogens is 159 g/mol. The molecule has 0 aromatic rings. The van der Waals surface area contributed by atoms with Gasteiger partial charge in [-0.25, -0.2) is 0 Å². The Morgan fingerprint density at radius 2 is 0.875 bits per heavy atom. The van der Waals surface area contributed by atoms with E-state index < -0.39 is 6.72 Å². The van der Waals surface area contributed by atoms with Crippen LogP contribution in [0.4, 0.5) is 0 Å². The molecule has 56 valence electrons. The Kier molecular flexibility index (Phi) is 22.0. The Labute approximate surface area is 50.6 Å². The lowest BCUT2D eigenvalue weighted by Gasteiger charge is -1.88. The summed E-state index contributed by atoms with van der Waals surface area (Å²) in [6.45, 7) is -3.81. The molecule has 0 saturated carbocycles. The quantitative estimate of drug-likeness (QED) is 0.324. The molecule has 0 spiro atoms. The predicted molar refractivity (Wildman–Crippen MR) is 31.8 cm³/mol. The van der Waals surface area contributed by atoms with Crippen LogP contribution in [0.2, 0.25) is 0 Å². The summed E-state index contributed by atoms with van der Waals surface area (Å²) in [6.07, 6.45) is 0. The molecule has 0 rings (SSSR count). The highest BCUT2D eigenvalue weighted by atomic mass is 32.5. The fraction of sp³-hybridized carbons (Fsp3) is 0. The van der Waals surface area contributed by atoms with E-state index in [9.17, 15) is 0 Å².